The first-order valence-corrected chi connectivity index (χ1v) is 23.7. The van der Waals surface area contributed by atoms with Crippen molar-refractivity contribution in [2.75, 3.05) is 13.2 Å². The van der Waals surface area contributed by atoms with Crippen molar-refractivity contribution >= 4 is 11.9 Å². The molecule has 18 heteroatoms. The summed E-state index contributed by atoms with van der Waals surface area (Å²) in [6, 6.07) is 0. The second kappa shape index (κ2) is 17.2. The lowest BCUT2D eigenvalue weighted by Crippen LogP contribution is -2.68. The Kier molecular flexibility index (Phi) is 13.1. The van der Waals surface area contributed by atoms with Crippen LogP contribution in [0.1, 0.15) is 113 Å². The molecule has 0 radical (unpaired) electrons. The first-order chi connectivity index (χ1) is 30.3. The van der Waals surface area contributed by atoms with Crippen LogP contribution < -0.4 is 0 Å². The van der Waals surface area contributed by atoms with Crippen LogP contribution in [0, 0.1) is 50.2 Å². The Morgan fingerprint density at radius 3 is 2.02 bits per heavy atom. The van der Waals surface area contributed by atoms with Crippen LogP contribution in [0.2, 0.25) is 0 Å². The largest absolute Gasteiger partial charge is 0.481 e. The summed E-state index contributed by atoms with van der Waals surface area (Å²) in [6.45, 7) is 14.7. The molecule has 0 aromatic heterocycles. The fourth-order valence-corrected chi connectivity index (χ4v) is 14.8. The molecule has 0 spiro atoms. The fourth-order valence-electron chi connectivity index (χ4n) is 14.8. The van der Waals surface area contributed by atoms with Gasteiger partial charge in [-0.25, -0.2) is 4.79 Å². The molecule has 0 aromatic carbocycles. The van der Waals surface area contributed by atoms with Gasteiger partial charge in [-0.1, -0.05) is 60.1 Å². The molecule has 3 heterocycles. The summed E-state index contributed by atoms with van der Waals surface area (Å²) in [4.78, 5) is 26.1. The standard InChI is InChI=1S/C47H74O18/c1-42(2)14-16-47(41(58)59)17-15-45(6)21(22(47)18-42)8-9-26-44(5)12-11-27(43(3,4)25(44)10-13-46(26,45)7)62-40-35(64-39-32(54)30(52)29(51)24(19-48)61-39)33(55)34(36(65-40)37(56)57)63-38-31(53)28(50)23(49)20-60-38/h8,22-36,38-40,48-55H,9-20H2,1-7H3,(H,56,57)(H,58,59). The Labute approximate surface area is 380 Å². The maximum Gasteiger partial charge on any atom is 0.335 e. The van der Waals surface area contributed by atoms with Crippen molar-refractivity contribution < 1.29 is 89.1 Å². The molecule has 8 rings (SSSR count). The third-order valence-corrected chi connectivity index (χ3v) is 18.9. The zero-order chi connectivity index (χ0) is 47.6. The van der Waals surface area contributed by atoms with E-state index in [0.29, 0.717) is 19.3 Å². The minimum atomic E-state index is -1.98. The van der Waals surface area contributed by atoms with Gasteiger partial charge in [0.25, 0.3) is 0 Å². The summed E-state index contributed by atoms with van der Waals surface area (Å²) in [6.07, 6.45) is -15.2. The highest BCUT2D eigenvalue weighted by Gasteiger charge is 2.70. The van der Waals surface area contributed by atoms with Crippen molar-refractivity contribution in [2.24, 2.45) is 50.2 Å². The summed E-state index contributed by atoms with van der Waals surface area (Å²) in [7, 11) is 0. The fraction of sp³-hybridized carbons (Fsp3) is 0.915. The van der Waals surface area contributed by atoms with Crippen LogP contribution in [0.3, 0.4) is 0 Å². The minimum Gasteiger partial charge on any atom is -0.481 e. The quantitative estimate of drug-likeness (QED) is 0.116. The van der Waals surface area contributed by atoms with Gasteiger partial charge in [-0.2, -0.15) is 0 Å². The van der Waals surface area contributed by atoms with Gasteiger partial charge in [0.15, 0.2) is 25.0 Å². The normalized spacial score (nSPS) is 52.8. The zero-order valence-corrected chi connectivity index (χ0v) is 38.7. The molecule has 0 bridgehead atoms. The molecule has 3 aliphatic heterocycles. The van der Waals surface area contributed by atoms with Gasteiger partial charge in [0.1, 0.15) is 61.0 Å². The van der Waals surface area contributed by atoms with Gasteiger partial charge in [0.2, 0.25) is 0 Å². The first-order valence-electron chi connectivity index (χ1n) is 23.7. The maximum absolute atomic E-state index is 13.1. The minimum absolute atomic E-state index is 0.0188. The average molecular weight is 927 g/mol. The highest BCUT2D eigenvalue weighted by Crippen LogP contribution is 2.76. The zero-order valence-electron chi connectivity index (χ0n) is 38.7. The molecular formula is C47H74O18. The van der Waals surface area contributed by atoms with Crippen LogP contribution in [0.4, 0.5) is 0 Å². The lowest BCUT2D eigenvalue weighted by molar-refractivity contribution is -0.387. The summed E-state index contributed by atoms with van der Waals surface area (Å²) in [5.41, 5.74) is -0.444. The molecule has 22 atom stereocenters. The maximum atomic E-state index is 13.1. The van der Waals surface area contributed by atoms with E-state index in [-0.39, 0.29) is 39.4 Å². The summed E-state index contributed by atoms with van der Waals surface area (Å²) in [5, 5.41) is 106. The van der Waals surface area contributed by atoms with Crippen molar-refractivity contribution in [1.29, 1.82) is 0 Å². The van der Waals surface area contributed by atoms with Gasteiger partial charge in [-0.05, 0) is 109 Å². The molecule has 0 aromatic rings. The second-order valence-corrected chi connectivity index (χ2v) is 23.1. The predicted molar refractivity (Wildman–Crippen MR) is 225 cm³/mol. The van der Waals surface area contributed by atoms with E-state index < -0.39 is 128 Å². The molecule has 4 saturated carbocycles. The van der Waals surface area contributed by atoms with Gasteiger partial charge < -0.3 is 79.5 Å². The number of carboxylic acid groups (broad SMARTS) is 2. The first kappa shape index (κ1) is 49.5. The lowest BCUT2D eigenvalue weighted by atomic mass is 9.33. The highest BCUT2D eigenvalue weighted by molar-refractivity contribution is 5.76. The number of aliphatic carboxylic acids is 2. The van der Waals surface area contributed by atoms with Gasteiger partial charge in [0.05, 0.1) is 24.7 Å². The van der Waals surface area contributed by atoms with Crippen LogP contribution in [0.5, 0.6) is 0 Å². The van der Waals surface area contributed by atoms with E-state index >= 15 is 0 Å². The number of carbonyl (C=O) groups is 2. The van der Waals surface area contributed by atoms with E-state index in [4.69, 9.17) is 28.4 Å². The predicted octanol–water partition coefficient (Wildman–Crippen LogP) is 1.44. The topological polar surface area (TPSA) is 292 Å². The molecule has 7 fully saturated rings. The van der Waals surface area contributed by atoms with Crippen LogP contribution in [-0.2, 0) is 38.0 Å². The van der Waals surface area contributed by atoms with E-state index in [1.54, 1.807) is 0 Å². The summed E-state index contributed by atoms with van der Waals surface area (Å²) >= 11 is 0. The van der Waals surface area contributed by atoms with Gasteiger partial charge in [-0.3, -0.25) is 4.79 Å². The monoisotopic (exact) mass is 926 g/mol. The SMILES string of the molecule is CC1(C)CCC2(C(=O)O)CCC3(C)C(=CCC4C5(C)CCC(OC6OC(C(=O)O)C(OC7OCC(O)C(O)C7O)C(O)C6OC6OC(CO)C(O)C(O)C6O)C(C)(C)C5CCC43C)C2C1. The van der Waals surface area contributed by atoms with Crippen LogP contribution in [-0.4, -0.2) is 168 Å². The number of fused-ring (bicyclic) bond motifs is 7. The number of ether oxygens (including phenoxy) is 6. The number of aliphatic hydroxyl groups excluding tert-OH is 8. The lowest BCUT2D eigenvalue weighted by Gasteiger charge is -2.71. The number of allylic oxidation sites excluding steroid dienone is 2. The molecular weight excluding hydrogens is 852 g/mol. The van der Waals surface area contributed by atoms with Gasteiger partial charge in [-0.15, -0.1) is 0 Å². The molecule has 0 amide bonds. The molecule has 18 nitrogen and oxygen atoms in total. The Morgan fingerprint density at radius 1 is 0.692 bits per heavy atom. The Bertz CT molecular complexity index is 1820. The van der Waals surface area contributed by atoms with Crippen molar-refractivity contribution in [3.05, 3.63) is 11.6 Å². The molecule has 10 N–H and O–H groups in total. The van der Waals surface area contributed by atoms with Crippen molar-refractivity contribution in [1.82, 2.24) is 0 Å². The smallest absolute Gasteiger partial charge is 0.335 e. The highest BCUT2D eigenvalue weighted by atomic mass is 16.8. The Morgan fingerprint density at radius 2 is 1.35 bits per heavy atom. The summed E-state index contributed by atoms with van der Waals surface area (Å²) < 4.78 is 35.9. The molecule has 22 unspecified atom stereocenters. The van der Waals surface area contributed by atoms with Crippen molar-refractivity contribution in [3.63, 3.8) is 0 Å². The van der Waals surface area contributed by atoms with Crippen LogP contribution in [0.15, 0.2) is 11.6 Å². The van der Waals surface area contributed by atoms with Crippen molar-refractivity contribution in [3.8, 4) is 0 Å². The number of aliphatic hydroxyl groups is 8. The summed E-state index contributed by atoms with van der Waals surface area (Å²) in [5.74, 6) is -1.92. The van der Waals surface area contributed by atoms with E-state index in [0.717, 1.165) is 44.9 Å². The number of carboxylic acids is 2. The number of hydrogen-bond donors (Lipinski definition) is 10. The van der Waals surface area contributed by atoms with Gasteiger partial charge >= 0.3 is 11.9 Å². The van der Waals surface area contributed by atoms with Crippen LogP contribution in [0.25, 0.3) is 0 Å². The Hall–Kier alpha value is -1.88. The molecule has 5 aliphatic carbocycles. The number of hydrogen-bond acceptors (Lipinski definition) is 16. The molecule has 8 aliphatic rings. The van der Waals surface area contributed by atoms with E-state index in [1.165, 1.54) is 5.57 Å². The average Bonchev–Trinajstić information content (AvgIpc) is 3.23. The second-order valence-electron chi connectivity index (χ2n) is 23.1. The molecule has 3 saturated heterocycles. The third-order valence-electron chi connectivity index (χ3n) is 18.9. The van der Waals surface area contributed by atoms with Crippen LogP contribution >= 0.6 is 0 Å². The van der Waals surface area contributed by atoms with E-state index in [2.05, 4.69) is 54.5 Å². The molecule has 370 valence electrons. The third kappa shape index (κ3) is 7.76. The molecule has 65 heavy (non-hydrogen) atoms. The van der Waals surface area contributed by atoms with E-state index in [9.17, 15) is 60.7 Å². The van der Waals surface area contributed by atoms with Gasteiger partial charge in [0, 0.05) is 0 Å². The Balaban J connectivity index is 1.08. The van der Waals surface area contributed by atoms with Crippen molar-refractivity contribution in [2.45, 2.75) is 205 Å². The van der Waals surface area contributed by atoms with E-state index in [1.807, 2.05) is 0 Å². The number of rotatable bonds is 9.